The van der Waals surface area contributed by atoms with Crippen molar-refractivity contribution in [1.29, 1.82) is 0 Å². The van der Waals surface area contributed by atoms with Crippen LogP contribution < -0.4 is 0 Å². The highest BCUT2D eigenvalue weighted by molar-refractivity contribution is 7.99. The second kappa shape index (κ2) is 8.49. The van der Waals surface area contributed by atoms with Gasteiger partial charge in [-0.05, 0) is 42.8 Å². The number of hydrogen-bond donors (Lipinski definition) is 0. The van der Waals surface area contributed by atoms with Crippen molar-refractivity contribution in [2.24, 2.45) is 0 Å². The number of carbonyl (C=O) groups is 1. The fourth-order valence-corrected chi connectivity index (χ4v) is 2.40. The Kier molecular flexibility index (Phi) is 6.99. The third-order valence-electron chi connectivity index (χ3n) is 2.63. The van der Waals surface area contributed by atoms with E-state index in [0.717, 1.165) is 15.5 Å². The molecule has 0 amide bonds. The molecule has 0 saturated heterocycles. The first kappa shape index (κ1) is 17.3. The zero-order valence-electron chi connectivity index (χ0n) is 11.8. The van der Waals surface area contributed by atoms with Crippen LogP contribution in [0.4, 0.5) is 0 Å². The molecule has 1 aromatic heterocycles. The van der Waals surface area contributed by atoms with Crippen molar-refractivity contribution in [3.05, 3.63) is 59.8 Å². The lowest BCUT2D eigenvalue weighted by Gasteiger charge is -2.02. The molecule has 1 heterocycles. The summed E-state index contributed by atoms with van der Waals surface area (Å²) in [6.07, 6.45) is 3.58. The summed E-state index contributed by atoms with van der Waals surface area (Å²) in [5.41, 5.74) is 1.55. The average Bonchev–Trinajstić information content (AvgIpc) is 2.49. The maximum absolute atomic E-state index is 11.3. The number of methoxy groups -OCH3 is 1. The number of esters is 1. The first-order chi connectivity index (χ1) is 9.69. The van der Waals surface area contributed by atoms with E-state index in [9.17, 15) is 4.79 Å². The monoisotopic (exact) mass is 321 g/mol. The molecule has 0 spiro atoms. The van der Waals surface area contributed by atoms with Crippen LogP contribution in [0.15, 0.2) is 64.2 Å². The van der Waals surface area contributed by atoms with Crippen LogP contribution >= 0.6 is 24.2 Å². The molecule has 2 rings (SSSR count). The summed E-state index contributed by atoms with van der Waals surface area (Å²) < 4.78 is 4.67. The van der Waals surface area contributed by atoms with Gasteiger partial charge >= 0.3 is 5.97 Å². The molecule has 2 aromatic rings. The van der Waals surface area contributed by atoms with E-state index < -0.39 is 0 Å². The molecule has 0 bridgehead atoms. The number of pyridine rings is 1. The lowest BCUT2D eigenvalue weighted by molar-refractivity contribution is -0.135. The molecular weight excluding hydrogens is 306 g/mol. The molecule has 0 fully saturated rings. The van der Waals surface area contributed by atoms with Crippen LogP contribution in [0.2, 0.25) is 0 Å². The van der Waals surface area contributed by atoms with E-state index in [4.69, 9.17) is 0 Å². The largest absolute Gasteiger partial charge is 0.466 e. The fourth-order valence-electron chi connectivity index (χ4n) is 1.63. The minimum Gasteiger partial charge on any atom is -0.466 e. The van der Waals surface area contributed by atoms with E-state index in [-0.39, 0.29) is 18.4 Å². The van der Waals surface area contributed by atoms with Crippen molar-refractivity contribution in [2.75, 3.05) is 7.11 Å². The Hall–Kier alpha value is -1.78. The number of halogens is 1. The van der Waals surface area contributed by atoms with Gasteiger partial charge in [-0.3, -0.25) is 0 Å². The Bertz CT molecular complexity index is 612. The van der Waals surface area contributed by atoms with E-state index in [2.05, 4.69) is 9.72 Å². The summed E-state index contributed by atoms with van der Waals surface area (Å²) >= 11 is 1.60. The number of carbonyl (C=O) groups excluding carboxylic acids is 1. The Balaban J connectivity index is 0.00000220. The van der Waals surface area contributed by atoms with Gasteiger partial charge in [0.2, 0.25) is 0 Å². The number of benzene rings is 1. The minimum atomic E-state index is -0.308. The zero-order chi connectivity index (χ0) is 14.4. The highest BCUT2D eigenvalue weighted by atomic mass is 35.5. The van der Waals surface area contributed by atoms with Crippen molar-refractivity contribution in [3.8, 4) is 0 Å². The third kappa shape index (κ3) is 5.25. The molecule has 0 atom stereocenters. The van der Waals surface area contributed by atoms with Crippen LogP contribution in [0.5, 0.6) is 0 Å². The van der Waals surface area contributed by atoms with Crippen LogP contribution in [0, 0.1) is 0 Å². The normalized spacial score (nSPS) is 10.7. The van der Waals surface area contributed by atoms with E-state index in [1.54, 1.807) is 31.0 Å². The van der Waals surface area contributed by atoms with Crippen LogP contribution in [0.25, 0.3) is 6.08 Å². The molecule has 21 heavy (non-hydrogen) atoms. The molecule has 0 aliphatic rings. The van der Waals surface area contributed by atoms with Gasteiger partial charge in [0.1, 0.15) is 5.03 Å². The number of nitrogens with zero attached hydrogens (tertiary/aromatic N) is 1. The van der Waals surface area contributed by atoms with Crippen molar-refractivity contribution in [2.45, 2.75) is 16.8 Å². The summed E-state index contributed by atoms with van der Waals surface area (Å²) in [4.78, 5) is 16.7. The Morgan fingerprint density at radius 1 is 1.19 bits per heavy atom. The molecule has 0 saturated carbocycles. The zero-order valence-corrected chi connectivity index (χ0v) is 13.4. The van der Waals surface area contributed by atoms with E-state index in [1.165, 1.54) is 7.11 Å². The first-order valence-corrected chi connectivity index (χ1v) is 6.96. The van der Waals surface area contributed by atoms with E-state index >= 15 is 0 Å². The first-order valence-electron chi connectivity index (χ1n) is 6.14. The lowest BCUT2D eigenvalue weighted by Crippen LogP contribution is -2.00. The second-order valence-electron chi connectivity index (χ2n) is 4.16. The number of aromatic nitrogens is 1. The van der Waals surface area contributed by atoms with E-state index in [1.807, 2.05) is 42.5 Å². The summed E-state index contributed by atoms with van der Waals surface area (Å²) in [6, 6.07) is 13.8. The van der Waals surface area contributed by atoms with Crippen molar-refractivity contribution < 1.29 is 9.53 Å². The van der Waals surface area contributed by atoms with Gasteiger partial charge in [-0.2, -0.15) is 0 Å². The van der Waals surface area contributed by atoms with Crippen molar-refractivity contribution in [3.63, 3.8) is 0 Å². The highest BCUT2D eigenvalue weighted by Crippen LogP contribution is 2.26. The summed E-state index contributed by atoms with van der Waals surface area (Å²) in [7, 11) is 1.38. The standard InChI is InChI=1S/C16H15NO2S.ClH/c1-12(16(18)19-2)11-13-6-8-14(9-7-13)20-15-5-3-4-10-17-15;/h3-11H,1-2H3;1H. The van der Waals surface area contributed by atoms with Crippen molar-refractivity contribution in [1.82, 2.24) is 4.98 Å². The summed E-state index contributed by atoms with van der Waals surface area (Å²) in [5.74, 6) is -0.308. The Morgan fingerprint density at radius 2 is 1.90 bits per heavy atom. The Labute approximate surface area is 134 Å². The molecule has 3 nitrogen and oxygen atoms in total. The molecular formula is C16H16ClNO2S. The molecule has 0 radical (unpaired) electrons. The SMILES string of the molecule is COC(=O)C(C)=Cc1ccc(Sc2ccccn2)cc1.Cl. The Morgan fingerprint density at radius 3 is 2.48 bits per heavy atom. The molecule has 1 aromatic carbocycles. The van der Waals surface area contributed by atoms with E-state index in [0.29, 0.717) is 5.57 Å². The lowest BCUT2D eigenvalue weighted by atomic mass is 10.1. The second-order valence-corrected chi connectivity index (χ2v) is 5.25. The van der Waals surface area contributed by atoms with Crippen LogP contribution in [0.1, 0.15) is 12.5 Å². The van der Waals surface area contributed by atoms with Gasteiger partial charge in [0, 0.05) is 16.7 Å². The molecule has 5 heteroatoms. The smallest absolute Gasteiger partial charge is 0.333 e. The number of rotatable bonds is 4. The van der Waals surface area contributed by atoms with Crippen molar-refractivity contribution >= 4 is 36.2 Å². The maximum Gasteiger partial charge on any atom is 0.333 e. The highest BCUT2D eigenvalue weighted by Gasteiger charge is 2.03. The summed E-state index contributed by atoms with van der Waals surface area (Å²) in [6.45, 7) is 1.74. The van der Waals surface area contributed by atoms with Gasteiger partial charge in [-0.15, -0.1) is 12.4 Å². The minimum absolute atomic E-state index is 0. The predicted molar refractivity (Wildman–Crippen MR) is 87.7 cm³/mol. The van der Waals surface area contributed by atoms with Crippen LogP contribution in [-0.2, 0) is 9.53 Å². The number of hydrogen-bond acceptors (Lipinski definition) is 4. The quantitative estimate of drug-likeness (QED) is 0.624. The molecule has 0 N–H and O–H groups in total. The van der Waals surface area contributed by atoms with Gasteiger partial charge in [0.05, 0.1) is 7.11 Å². The van der Waals surface area contributed by atoms with Gasteiger partial charge in [0.25, 0.3) is 0 Å². The van der Waals surface area contributed by atoms with Crippen LogP contribution in [-0.4, -0.2) is 18.1 Å². The molecule has 0 unspecified atom stereocenters. The van der Waals surface area contributed by atoms with Gasteiger partial charge in [0.15, 0.2) is 0 Å². The maximum atomic E-state index is 11.3. The topological polar surface area (TPSA) is 39.2 Å². The third-order valence-corrected chi connectivity index (χ3v) is 3.59. The van der Waals surface area contributed by atoms with Gasteiger partial charge < -0.3 is 4.74 Å². The average molecular weight is 322 g/mol. The molecule has 0 aliphatic carbocycles. The molecule has 110 valence electrons. The molecule has 0 aliphatic heterocycles. The fraction of sp³-hybridized carbons (Fsp3) is 0.125. The van der Waals surface area contributed by atoms with Gasteiger partial charge in [-0.25, -0.2) is 9.78 Å². The predicted octanol–water partition coefficient (Wildman–Crippen LogP) is 4.23. The number of ether oxygens (including phenoxy) is 1. The van der Waals surface area contributed by atoms with Gasteiger partial charge in [-0.1, -0.05) is 30.0 Å². The van der Waals surface area contributed by atoms with Crippen LogP contribution in [0.3, 0.4) is 0 Å². The summed E-state index contributed by atoms with van der Waals surface area (Å²) in [5, 5.41) is 0.960.